The number of nitrogens with two attached hydrogens (primary N) is 1. The lowest BCUT2D eigenvalue weighted by Crippen LogP contribution is -2.21. The Morgan fingerprint density at radius 1 is 1.04 bits per heavy atom. The molecule has 0 bridgehead atoms. The van der Waals surface area contributed by atoms with Gasteiger partial charge < -0.3 is 10.6 Å². The Labute approximate surface area is 144 Å². The zero-order valence-corrected chi connectivity index (χ0v) is 14.6. The van der Waals surface area contributed by atoms with E-state index in [1.54, 1.807) is 27.1 Å². The predicted molar refractivity (Wildman–Crippen MR) is 98.9 cm³/mol. The fourth-order valence-electron chi connectivity index (χ4n) is 2.70. The van der Waals surface area contributed by atoms with Crippen LogP contribution < -0.4 is 5.73 Å². The third kappa shape index (κ3) is 2.67. The van der Waals surface area contributed by atoms with Crippen LogP contribution >= 0.6 is 11.3 Å². The summed E-state index contributed by atoms with van der Waals surface area (Å²) in [5.41, 5.74) is 7.71. The van der Waals surface area contributed by atoms with E-state index in [1.807, 2.05) is 36.4 Å². The second kappa shape index (κ2) is 6.09. The average Bonchev–Trinajstić information content (AvgIpc) is 2.87. The highest BCUT2D eigenvalue weighted by Crippen LogP contribution is 2.33. The van der Waals surface area contributed by atoms with Crippen LogP contribution in [0.4, 0.5) is 5.00 Å². The number of benzene rings is 2. The van der Waals surface area contributed by atoms with Crippen LogP contribution in [0.2, 0.25) is 0 Å². The molecule has 1 amide bonds. The molecule has 5 heteroatoms. The van der Waals surface area contributed by atoms with E-state index >= 15 is 0 Å². The van der Waals surface area contributed by atoms with E-state index in [0.717, 1.165) is 10.8 Å². The van der Waals surface area contributed by atoms with Crippen LogP contribution in [0.5, 0.6) is 0 Å². The van der Waals surface area contributed by atoms with Crippen molar-refractivity contribution < 1.29 is 9.59 Å². The number of hydrogen-bond acceptors (Lipinski definition) is 4. The third-order valence-corrected chi connectivity index (χ3v) is 5.12. The molecule has 0 spiro atoms. The number of fused-ring (bicyclic) bond motifs is 1. The minimum Gasteiger partial charge on any atom is -0.390 e. The monoisotopic (exact) mass is 338 g/mol. The van der Waals surface area contributed by atoms with Crippen molar-refractivity contribution in [2.24, 2.45) is 0 Å². The van der Waals surface area contributed by atoms with E-state index in [1.165, 1.54) is 16.2 Å². The molecule has 0 aliphatic carbocycles. The van der Waals surface area contributed by atoms with E-state index in [-0.39, 0.29) is 11.7 Å². The minimum atomic E-state index is -0.148. The largest absolute Gasteiger partial charge is 0.390 e. The zero-order valence-electron chi connectivity index (χ0n) is 13.8. The van der Waals surface area contributed by atoms with Crippen molar-refractivity contribution in [2.45, 2.75) is 6.92 Å². The number of nitrogen functional groups attached to an aromatic ring is 1. The topological polar surface area (TPSA) is 63.4 Å². The Bertz CT molecular complexity index is 957. The van der Waals surface area contributed by atoms with Crippen LogP contribution in [0, 0.1) is 6.92 Å². The highest BCUT2D eigenvalue weighted by molar-refractivity contribution is 7.18. The van der Waals surface area contributed by atoms with Crippen molar-refractivity contribution >= 4 is 38.8 Å². The van der Waals surface area contributed by atoms with Crippen molar-refractivity contribution in [3.05, 3.63) is 64.0 Å². The predicted octanol–water partition coefficient (Wildman–Crippen LogP) is 3.72. The van der Waals surface area contributed by atoms with Gasteiger partial charge in [0.05, 0.1) is 15.4 Å². The van der Waals surface area contributed by atoms with Gasteiger partial charge in [0.2, 0.25) is 0 Å². The normalized spacial score (nSPS) is 10.8. The highest BCUT2D eigenvalue weighted by atomic mass is 32.1. The Hall–Kier alpha value is -2.66. The van der Waals surface area contributed by atoms with Gasteiger partial charge in [-0.05, 0) is 29.3 Å². The maximum atomic E-state index is 12.9. The van der Waals surface area contributed by atoms with Crippen LogP contribution in [0.25, 0.3) is 10.8 Å². The molecule has 24 heavy (non-hydrogen) atoms. The van der Waals surface area contributed by atoms with E-state index in [2.05, 4.69) is 0 Å². The first-order chi connectivity index (χ1) is 11.4. The summed E-state index contributed by atoms with van der Waals surface area (Å²) >= 11 is 1.17. The molecule has 0 fully saturated rings. The van der Waals surface area contributed by atoms with Crippen molar-refractivity contribution in [3.63, 3.8) is 0 Å². The average molecular weight is 338 g/mol. The first-order valence-electron chi connectivity index (χ1n) is 7.54. The van der Waals surface area contributed by atoms with Gasteiger partial charge in [-0.25, -0.2) is 0 Å². The van der Waals surface area contributed by atoms with E-state index < -0.39 is 0 Å². The Morgan fingerprint density at radius 3 is 2.38 bits per heavy atom. The Morgan fingerprint density at radius 2 is 1.71 bits per heavy atom. The number of carbonyl (C=O) groups is 2. The summed E-state index contributed by atoms with van der Waals surface area (Å²) in [6.07, 6.45) is 0. The summed E-state index contributed by atoms with van der Waals surface area (Å²) in [6.45, 7) is 1.78. The summed E-state index contributed by atoms with van der Waals surface area (Å²) < 4.78 is 0. The molecule has 0 saturated heterocycles. The molecule has 0 saturated carbocycles. The molecular weight excluding hydrogens is 320 g/mol. The molecule has 3 rings (SSSR count). The van der Waals surface area contributed by atoms with Gasteiger partial charge >= 0.3 is 0 Å². The number of ketones is 1. The van der Waals surface area contributed by atoms with Crippen LogP contribution in [-0.4, -0.2) is 30.7 Å². The van der Waals surface area contributed by atoms with Crippen molar-refractivity contribution in [1.82, 2.24) is 4.90 Å². The van der Waals surface area contributed by atoms with E-state index in [9.17, 15) is 9.59 Å². The smallest absolute Gasteiger partial charge is 0.263 e. The summed E-state index contributed by atoms with van der Waals surface area (Å²) in [7, 11) is 3.37. The number of hydrogen-bond donors (Lipinski definition) is 1. The lowest BCUT2D eigenvalue weighted by molar-refractivity contribution is 0.0831. The number of carbonyl (C=O) groups excluding carboxylic acids is 2. The highest BCUT2D eigenvalue weighted by Gasteiger charge is 2.24. The summed E-state index contributed by atoms with van der Waals surface area (Å²) in [5.74, 6) is -0.286. The van der Waals surface area contributed by atoms with Gasteiger partial charge in [0.15, 0.2) is 5.78 Å². The van der Waals surface area contributed by atoms with Gasteiger partial charge in [0.25, 0.3) is 5.91 Å². The number of thiophene rings is 1. The molecule has 0 aliphatic rings. The molecule has 122 valence electrons. The van der Waals surface area contributed by atoms with Crippen LogP contribution in [-0.2, 0) is 0 Å². The van der Waals surface area contributed by atoms with E-state index in [4.69, 9.17) is 5.73 Å². The number of nitrogens with zero attached hydrogens (tertiary/aromatic N) is 1. The second-order valence-corrected chi connectivity index (χ2v) is 6.94. The van der Waals surface area contributed by atoms with Crippen LogP contribution in [0.15, 0.2) is 42.5 Å². The molecule has 0 aliphatic heterocycles. The minimum absolute atomic E-state index is 0.137. The van der Waals surface area contributed by atoms with Crippen LogP contribution in [0.1, 0.15) is 31.2 Å². The van der Waals surface area contributed by atoms with E-state index in [0.29, 0.717) is 26.6 Å². The fraction of sp³-hybridized carbons (Fsp3) is 0.158. The molecule has 2 N–H and O–H groups in total. The maximum absolute atomic E-state index is 12.9. The molecule has 2 aromatic carbocycles. The van der Waals surface area contributed by atoms with Crippen LogP contribution in [0.3, 0.4) is 0 Å². The van der Waals surface area contributed by atoms with Gasteiger partial charge in [-0.3, -0.25) is 9.59 Å². The SMILES string of the molecule is Cc1c(C(=O)N(C)C)sc(N)c1C(=O)c1ccc2ccccc2c1. The number of anilines is 1. The quantitative estimate of drug-likeness (QED) is 0.740. The molecule has 1 aromatic heterocycles. The molecular formula is C19H18N2O2S. The van der Waals surface area contributed by atoms with Gasteiger partial charge in [-0.1, -0.05) is 36.4 Å². The molecule has 3 aromatic rings. The van der Waals surface area contributed by atoms with Gasteiger partial charge in [-0.15, -0.1) is 11.3 Å². The Balaban J connectivity index is 2.07. The van der Waals surface area contributed by atoms with Gasteiger partial charge in [0.1, 0.15) is 0 Å². The lowest BCUT2D eigenvalue weighted by atomic mass is 9.98. The second-order valence-electron chi connectivity index (χ2n) is 5.89. The van der Waals surface area contributed by atoms with Gasteiger partial charge in [0, 0.05) is 19.7 Å². The van der Waals surface area contributed by atoms with Crippen molar-refractivity contribution in [2.75, 3.05) is 19.8 Å². The summed E-state index contributed by atoms with van der Waals surface area (Å²) in [4.78, 5) is 27.2. The maximum Gasteiger partial charge on any atom is 0.263 e. The molecule has 4 nitrogen and oxygen atoms in total. The summed E-state index contributed by atoms with van der Waals surface area (Å²) in [6, 6.07) is 13.5. The molecule has 1 heterocycles. The number of amides is 1. The Kier molecular flexibility index (Phi) is 4.11. The standard InChI is InChI=1S/C19H18N2O2S/c1-11-15(18(20)24-17(11)19(23)21(2)3)16(22)14-9-8-12-6-4-5-7-13(12)10-14/h4-10H,20H2,1-3H3. The zero-order chi connectivity index (χ0) is 17.4. The number of rotatable bonds is 3. The third-order valence-electron chi connectivity index (χ3n) is 4.01. The molecule has 0 radical (unpaired) electrons. The fourth-order valence-corrected chi connectivity index (χ4v) is 3.79. The van der Waals surface area contributed by atoms with Crippen molar-refractivity contribution in [1.29, 1.82) is 0 Å². The molecule has 0 unspecified atom stereocenters. The van der Waals surface area contributed by atoms with Crippen molar-refractivity contribution in [3.8, 4) is 0 Å². The lowest BCUT2D eigenvalue weighted by Gasteiger charge is -2.09. The summed E-state index contributed by atoms with van der Waals surface area (Å²) in [5, 5.41) is 2.46. The first kappa shape index (κ1) is 16.2. The molecule has 0 atom stereocenters. The van der Waals surface area contributed by atoms with Gasteiger partial charge in [-0.2, -0.15) is 0 Å². The first-order valence-corrected chi connectivity index (χ1v) is 8.36.